The molecule has 0 bridgehead atoms. The molecule has 1 aromatic carbocycles. The molecule has 5 nitrogen and oxygen atoms in total. The van der Waals surface area contributed by atoms with Crippen molar-refractivity contribution < 1.29 is 9.59 Å². The monoisotopic (exact) mass is 263 g/mol. The summed E-state index contributed by atoms with van der Waals surface area (Å²) < 4.78 is 0. The van der Waals surface area contributed by atoms with Gasteiger partial charge < -0.3 is 0 Å². The molecule has 0 spiro atoms. The quantitative estimate of drug-likeness (QED) is 0.773. The molecule has 0 radical (unpaired) electrons. The third-order valence-electron chi connectivity index (χ3n) is 3.15. The third kappa shape index (κ3) is 1.84. The summed E-state index contributed by atoms with van der Waals surface area (Å²) in [5, 5.41) is 8.85. The van der Waals surface area contributed by atoms with Crippen LogP contribution in [0.5, 0.6) is 0 Å². The van der Waals surface area contributed by atoms with Crippen molar-refractivity contribution in [3.8, 4) is 6.07 Å². The number of nitrogens with zero attached hydrogens (tertiary/aromatic N) is 3. The largest absolute Gasteiger partial charge is 0.269 e. The smallest absolute Gasteiger partial charge is 0.261 e. The maximum absolute atomic E-state index is 12.2. The second-order valence-electron chi connectivity index (χ2n) is 4.39. The van der Waals surface area contributed by atoms with Crippen molar-refractivity contribution in [2.75, 3.05) is 0 Å². The van der Waals surface area contributed by atoms with E-state index in [-0.39, 0.29) is 23.9 Å². The van der Waals surface area contributed by atoms with E-state index in [9.17, 15) is 9.59 Å². The number of amides is 2. The lowest BCUT2D eigenvalue weighted by Gasteiger charge is -2.12. The first kappa shape index (κ1) is 12.1. The normalized spacial score (nSPS) is 13.2. The van der Waals surface area contributed by atoms with Crippen LogP contribution in [0.1, 0.15) is 32.0 Å². The average molecular weight is 263 g/mol. The molecule has 5 heteroatoms. The fraction of sp³-hybridized carbons (Fsp3) is 0.0667. The van der Waals surface area contributed by atoms with Gasteiger partial charge in [-0.2, -0.15) is 5.26 Å². The minimum Gasteiger partial charge on any atom is -0.269 e. The summed E-state index contributed by atoms with van der Waals surface area (Å²) in [6, 6.07) is 11.8. The first-order valence-corrected chi connectivity index (χ1v) is 6.01. The van der Waals surface area contributed by atoms with Crippen LogP contribution in [0.25, 0.3) is 0 Å². The zero-order valence-electron chi connectivity index (χ0n) is 10.4. The van der Waals surface area contributed by atoms with E-state index in [1.165, 1.54) is 18.2 Å². The first-order valence-electron chi connectivity index (χ1n) is 6.01. The number of aromatic nitrogens is 1. The van der Waals surface area contributed by atoms with Crippen LogP contribution in [0.2, 0.25) is 0 Å². The van der Waals surface area contributed by atoms with E-state index in [4.69, 9.17) is 5.26 Å². The number of carbonyl (C=O) groups excluding carboxylic acids is 2. The van der Waals surface area contributed by atoms with Crippen molar-refractivity contribution >= 4 is 11.8 Å². The molecule has 1 aliphatic heterocycles. The highest BCUT2D eigenvalue weighted by molar-refractivity contribution is 6.21. The van der Waals surface area contributed by atoms with Crippen molar-refractivity contribution in [1.29, 1.82) is 5.26 Å². The Bertz CT molecular complexity index is 747. The van der Waals surface area contributed by atoms with Gasteiger partial charge in [0.15, 0.2) is 0 Å². The minimum absolute atomic E-state index is 0.134. The fourth-order valence-electron chi connectivity index (χ4n) is 2.16. The topological polar surface area (TPSA) is 74.1 Å². The summed E-state index contributed by atoms with van der Waals surface area (Å²) >= 11 is 0. The van der Waals surface area contributed by atoms with Crippen molar-refractivity contribution in [3.63, 3.8) is 0 Å². The molecule has 0 saturated carbocycles. The predicted octanol–water partition coefficient (Wildman–Crippen LogP) is 1.75. The van der Waals surface area contributed by atoms with Crippen LogP contribution in [0.4, 0.5) is 0 Å². The lowest BCUT2D eigenvalue weighted by Crippen LogP contribution is -2.29. The molecule has 0 fully saturated rings. The van der Waals surface area contributed by atoms with Gasteiger partial charge in [-0.25, -0.2) is 0 Å². The van der Waals surface area contributed by atoms with Crippen LogP contribution in [0, 0.1) is 11.3 Å². The number of carbonyl (C=O) groups is 2. The Kier molecular flexibility index (Phi) is 2.77. The summed E-state index contributed by atoms with van der Waals surface area (Å²) in [6.07, 6.45) is 1.61. The van der Waals surface area contributed by atoms with Crippen LogP contribution < -0.4 is 0 Å². The SMILES string of the molecule is N#Cc1ccc2c(c1)C(=O)N(Cc1ccccn1)C2=O. The second kappa shape index (κ2) is 4.59. The van der Waals surface area contributed by atoms with Crippen molar-refractivity contribution in [2.24, 2.45) is 0 Å². The van der Waals surface area contributed by atoms with Gasteiger partial charge in [0.25, 0.3) is 11.8 Å². The Hall–Kier alpha value is -3.00. The summed E-state index contributed by atoms with van der Waals surface area (Å²) in [6.45, 7) is 0.134. The molecule has 1 aromatic heterocycles. The number of benzene rings is 1. The van der Waals surface area contributed by atoms with Crippen molar-refractivity contribution in [3.05, 3.63) is 65.0 Å². The van der Waals surface area contributed by atoms with Gasteiger partial charge in [-0.3, -0.25) is 19.5 Å². The Morgan fingerprint density at radius 2 is 1.90 bits per heavy atom. The zero-order chi connectivity index (χ0) is 14.1. The standard InChI is InChI=1S/C15H9N3O2/c16-8-10-4-5-12-13(7-10)15(20)18(14(12)19)9-11-3-1-2-6-17-11/h1-7H,9H2. The van der Waals surface area contributed by atoms with Gasteiger partial charge in [-0.15, -0.1) is 0 Å². The maximum Gasteiger partial charge on any atom is 0.261 e. The van der Waals surface area contributed by atoms with Crippen LogP contribution in [0.3, 0.4) is 0 Å². The number of rotatable bonds is 2. The molecule has 0 atom stereocenters. The van der Waals surface area contributed by atoms with Gasteiger partial charge in [0.1, 0.15) is 0 Å². The van der Waals surface area contributed by atoms with Crippen LogP contribution >= 0.6 is 0 Å². The van der Waals surface area contributed by atoms with E-state index < -0.39 is 0 Å². The fourth-order valence-corrected chi connectivity index (χ4v) is 2.16. The van der Waals surface area contributed by atoms with Crippen LogP contribution in [0.15, 0.2) is 42.6 Å². The summed E-state index contributed by atoms with van der Waals surface area (Å²) in [5.74, 6) is -0.729. The molecule has 1 aliphatic rings. The van der Waals surface area contributed by atoms with Gasteiger partial charge in [0.2, 0.25) is 0 Å². The molecular weight excluding hydrogens is 254 g/mol. The number of fused-ring (bicyclic) bond motifs is 1. The van der Waals surface area contributed by atoms with Crippen LogP contribution in [-0.4, -0.2) is 21.7 Å². The van der Waals surface area contributed by atoms with Gasteiger partial charge in [0.05, 0.1) is 35.0 Å². The summed E-state index contributed by atoms with van der Waals surface area (Å²) in [4.78, 5) is 29.7. The number of nitriles is 1. The third-order valence-corrected chi connectivity index (χ3v) is 3.15. The average Bonchev–Trinajstić information content (AvgIpc) is 2.73. The molecule has 2 heterocycles. The molecule has 2 amide bonds. The van der Waals surface area contributed by atoms with E-state index in [0.717, 1.165) is 4.90 Å². The number of imide groups is 1. The summed E-state index contributed by atoms with van der Waals surface area (Å²) in [5.41, 5.74) is 1.63. The Balaban J connectivity index is 1.96. The second-order valence-corrected chi connectivity index (χ2v) is 4.39. The van der Waals surface area contributed by atoms with Crippen molar-refractivity contribution in [2.45, 2.75) is 6.54 Å². The molecule has 20 heavy (non-hydrogen) atoms. The van der Waals surface area contributed by atoms with E-state index >= 15 is 0 Å². The molecular formula is C15H9N3O2. The lowest BCUT2D eigenvalue weighted by atomic mass is 10.1. The molecule has 0 unspecified atom stereocenters. The molecule has 0 saturated heterocycles. The van der Waals surface area contributed by atoms with Gasteiger partial charge in [-0.1, -0.05) is 6.07 Å². The number of hydrogen-bond acceptors (Lipinski definition) is 4. The molecule has 96 valence electrons. The highest BCUT2D eigenvalue weighted by atomic mass is 16.2. The molecule has 2 aromatic rings. The lowest BCUT2D eigenvalue weighted by molar-refractivity contribution is 0.0640. The highest BCUT2D eigenvalue weighted by Gasteiger charge is 2.35. The van der Waals surface area contributed by atoms with E-state index in [1.807, 2.05) is 6.07 Å². The first-order chi connectivity index (χ1) is 9.70. The predicted molar refractivity (Wildman–Crippen MR) is 69.6 cm³/mol. The van der Waals surface area contributed by atoms with Gasteiger partial charge in [-0.05, 0) is 30.3 Å². The Morgan fingerprint density at radius 1 is 1.10 bits per heavy atom. The Labute approximate surface area is 115 Å². The van der Waals surface area contributed by atoms with E-state index in [2.05, 4.69) is 4.98 Å². The van der Waals surface area contributed by atoms with Crippen LogP contribution in [-0.2, 0) is 6.54 Å². The highest BCUT2D eigenvalue weighted by Crippen LogP contribution is 2.25. The number of hydrogen-bond donors (Lipinski definition) is 0. The number of pyridine rings is 1. The van der Waals surface area contributed by atoms with Crippen molar-refractivity contribution in [1.82, 2.24) is 9.88 Å². The molecule has 0 N–H and O–H groups in total. The maximum atomic E-state index is 12.2. The van der Waals surface area contributed by atoms with E-state index in [0.29, 0.717) is 16.8 Å². The molecule has 3 rings (SSSR count). The van der Waals surface area contributed by atoms with Gasteiger partial charge >= 0.3 is 0 Å². The van der Waals surface area contributed by atoms with E-state index in [1.54, 1.807) is 24.4 Å². The minimum atomic E-state index is -0.382. The zero-order valence-corrected chi connectivity index (χ0v) is 10.4. The Morgan fingerprint density at radius 3 is 2.60 bits per heavy atom. The molecule has 0 aliphatic carbocycles. The van der Waals surface area contributed by atoms with Gasteiger partial charge in [0, 0.05) is 6.20 Å². The summed E-state index contributed by atoms with van der Waals surface area (Å²) in [7, 11) is 0.